The number of hydrogen-bond donors (Lipinski definition) is 0. The van der Waals surface area contributed by atoms with E-state index in [1.165, 1.54) is 0 Å². The Bertz CT molecular complexity index is 532. The topological polar surface area (TPSA) is 37.1 Å². The zero-order chi connectivity index (χ0) is 14.4. The van der Waals surface area contributed by atoms with Gasteiger partial charge in [0.15, 0.2) is 0 Å². The van der Waals surface area contributed by atoms with Gasteiger partial charge in [0.2, 0.25) is 10.0 Å². The molecule has 3 nitrogen and oxygen atoms in total. The Labute approximate surface area is 116 Å². The molecule has 2 rings (SSSR count). The lowest BCUT2D eigenvalue weighted by Gasteiger charge is -2.09. The molecule has 0 aromatic heterocycles. The Kier molecular flexibility index (Phi) is 3.76. The van der Waals surface area contributed by atoms with Crippen molar-refractivity contribution in [1.29, 1.82) is 0 Å². The molecule has 1 fully saturated rings. The third-order valence-electron chi connectivity index (χ3n) is 3.81. The second-order valence-electron chi connectivity index (χ2n) is 6.12. The van der Waals surface area contributed by atoms with E-state index in [9.17, 15) is 8.42 Å². The van der Waals surface area contributed by atoms with Crippen LogP contribution in [0.5, 0.6) is 0 Å². The van der Waals surface area contributed by atoms with Crippen LogP contribution in [0, 0.1) is 18.8 Å². The van der Waals surface area contributed by atoms with Gasteiger partial charge >= 0.3 is 0 Å². The molecule has 0 bridgehead atoms. The molecule has 0 aliphatic carbocycles. The van der Waals surface area contributed by atoms with Gasteiger partial charge in [-0.25, -0.2) is 8.42 Å². The Balaban J connectivity index is 2.33. The third-order valence-corrected chi connectivity index (χ3v) is 5.72. The van der Waals surface area contributed by atoms with Crippen molar-refractivity contribution in [3.63, 3.8) is 0 Å². The van der Waals surface area contributed by atoms with Gasteiger partial charge in [0.25, 0.3) is 0 Å². The molecule has 0 N–H and O–H groups in total. The van der Waals surface area contributed by atoms with E-state index in [0.29, 0.717) is 16.7 Å². The van der Waals surface area contributed by atoms with Gasteiger partial charge in [-0.3, -0.25) is 0 Å². The van der Waals surface area contributed by atoms with Gasteiger partial charge in [0, 0.05) is 12.1 Å². The molecule has 1 saturated heterocycles. The zero-order valence-corrected chi connectivity index (χ0v) is 13.1. The molecule has 0 radical (unpaired) electrons. The fourth-order valence-electron chi connectivity index (χ4n) is 2.78. The van der Waals surface area contributed by atoms with Crippen LogP contribution in [0.4, 0.5) is 0 Å². The van der Waals surface area contributed by atoms with Gasteiger partial charge in [0.05, 0.1) is 4.90 Å². The number of rotatable bonds is 4. The molecule has 1 heterocycles. The quantitative estimate of drug-likeness (QED) is 0.795. The molecule has 2 unspecified atom stereocenters. The number of benzene rings is 1. The molecule has 1 aliphatic heterocycles. The maximum absolute atomic E-state index is 12.7. The fourth-order valence-corrected chi connectivity index (χ4v) is 4.82. The van der Waals surface area contributed by atoms with Crippen LogP contribution in [0.25, 0.3) is 0 Å². The Hall–Kier alpha value is -0.870. The molecule has 0 spiro atoms. The van der Waals surface area contributed by atoms with Crippen LogP contribution in [0.3, 0.4) is 0 Å². The average Bonchev–Trinajstić information content (AvgIpc) is 3.05. The van der Waals surface area contributed by atoms with E-state index >= 15 is 0 Å². The van der Waals surface area contributed by atoms with Gasteiger partial charge in [-0.1, -0.05) is 45.4 Å². The zero-order valence-electron chi connectivity index (χ0n) is 12.3. The summed E-state index contributed by atoms with van der Waals surface area (Å²) in [5.74, 6) is 0.709. The summed E-state index contributed by atoms with van der Waals surface area (Å²) in [5, 5.41) is 0. The summed E-state index contributed by atoms with van der Waals surface area (Å²) in [6, 6.07) is 7.41. The van der Waals surface area contributed by atoms with Crippen molar-refractivity contribution in [3.05, 3.63) is 29.8 Å². The summed E-state index contributed by atoms with van der Waals surface area (Å²) in [5.41, 5.74) is 1.07. The minimum Gasteiger partial charge on any atom is -0.207 e. The molecule has 106 valence electrons. The number of aryl methyl sites for hydroxylation is 1. The van der Waals surface area contributed by atoms with Gasteiger partial charge < -0.3 is 0 Å². The summed E-state index contributed by atoms with van der Waals surface area (Å²) < 4.78 is 27.0. The fraction of sp³-hybridized carbons (Fsp3) is 0.600. The number of nitrogens with zero attached hydrogens (tertiary/aromatic N) is 1. The molecule has 19 heavy (non-hydrogen) atoms. The molecule has 1 aliphatic rings. The lowest BCUT2D eigenvalue weighted by molar-refractivity contribution is 0.509. The highest BCUT2D eigenvalue weighted by atomic mass is 32.2. The molecule has 0 saturated carbocycles. The maximum atomic E-state index is 12.7. The standard InChI is InChI=1S/C15H23NO2S/c1-10(2)14-15(11(3)4)16(14)19(17,18)13-8-6-12(5)7-9-13/h6-11,14-15H,1-5H3. The second-order valence-corrected chi connectivity index (χ2v) is 7.96. The normalized spacial score (nSPS) is 27.0. The Morgan fingerprint density at radius 3 is 1.74 bits per heavy atom. The molecule has 0 amide bonds. The SMILES string of the molecule is Cc1ccc(S(=O)(=O)N2C(C(C)C)C2C(C)C)cc1. The van der Waals surface area contributed by atoms with E-state index < -0.39 is 10.0 Å². The first kappa shape index (κ1) is 14.5. The van der Waals surface area contributed by atoms with Crippen LogP contribution in [0.2, 0.25) is 0 Å². The number of hydrogen-bond acceptors (Lipinski definition) is 2. The van der Waals surface area contributed by atoms with E-state index in [2.05, 4.69) is 27.7 Å². The van der Waals surface area contributed by atoms with E-state index in [0.717, 1.165) is 5.56 Å². The van der Waals surface area contributed by atoms with E-state index in [-0.39, 0.29) is 12.1 Å². The van der Waals surface area contributed by atoms with Gasteiger partial charge in [-0.05, 0) is 30.9 Å². The summed E-state index contributed by atoms with van der Waals surface area (Å²) in [6.45, 7) is 10.3. The van der Waals surface area contributed by atoms with Crippen molar-refractivity contribution < 1.29 is 8.42 Å². The Morgan fingerprint density at radius 1 is 0.947 bits per heavy atom. The van der Waals surface area contributed by atoms with Crippen LogP contribution in [0.1, 0.15) is 33.3 Å². The van der Waals surface area contributed by atoms with Gasteiger partial charge in [0.1, 0.15) is 0 Å². The van der Waals surface area contributed by atoms with Crippen molar-refractivity contribution in [1.82, 2.24) is 4.31 Å². The van der Waals surface area contributed by atoms with Gasteiger partial charge in [-0.15, -0.1) is 0 Å². The summed E-state index contributed by atoms with van der Waals surface area (Å²) in [4.78, 5) is 0.409. The monoisotopic (exact) mass is 281 g/mol. The minimum absolute atomic E-state index is 0.145. The molecule has 2 atom stereocenters. The lowest BCUT2D eigenvalue weighted by Crippen LogP contribution is -2.18. The first-order valence-electron chi connectivity index (χ1n) is 6.87. The highest BCUT2D eigenvalue weighted by Gasteiger charge is 2.57. The number of sulfonamides is 1. The summed E-state index contributed by atoms with van der Waals surface area (Å²) in [6.07, 6.45) is 0. The van der Waals surface area contributed by atoms with E-state index in [4.69, 9.17) is 0 Å². The average molecular weight is 281 g/mol. The van der Waals surface area contributed by atoms with Crippen molar-refractivity contribution in [2.45, 2.75) is 51.6 Å². The molecule has 4 heteroatoms. The van der Waals surface area contributed by atoms with Gasteiger partial charge in [-0.2, -0.15) is 4.31 Å². The van der Waals surface area contributed by atoms with Crippen molar-refractivity contribution in [3.8, 4) is 0 Å². The third kappa shape index (κ3) is 2.56. The van der Waals surface area contributed by atoms with Crippen LogP contribution < -0.4 is 0 Å². The summed E-state index contributed by atoms with van der Waals surface area (Å²) in [7, 11) is -3.34. The highest BCUT2D eigenvalue weighted by molar-refractivity contribution is 7.89. The smallest absolute Gasteiger partial charge is 0.207 e. The minimum atomic E-state index is -3.34. The molecular formula is C15H23NO2S. The van der Waals surface area contributed by atoms with Crippen molar-refractivity contribution in [2.75, 3.05) is 0 Å². The van der Waals surface area contributed by atoms with E-state index in [1.807, 2.05) is 19.1 Å². The predicted octanol–water partition coefficient (Wildman–Crippen LogP) is 3.05. The second kappa shape index (κ2) is 4.91. The maximum Gasteiger partial charge on any atom is 0.243 e. The Morgan fingerprint density at radius 2 is 1.37 bits per heavy atom. The van der Waals surface area contributed by atoms with Crippen LogP contribution in [-0.2, 0) is 10.0 Å². The van der Waals surface area contributed by atoms with E-state index in [1.54, 1.807) is 16.4 Å². The first-order chi connectivity index (χ1) is 8.76. The van der Waals surface area contributed by atoms with Crippen LogP contribution in [0.15, 0.2) is 29.2 Å². The van der Waals surface area contributed by atoms with Crippen molar-refractivity contribution >= 4 is 10.0 Å². The first-order valence-corrected chi connectivity index (χ1v) is 8.31. The van der Waals surface area contributed by atoms with Crippen LogP contribution >= 0.6 is 0 Å². The molecule has 1 aromatic carbocycles. The highest BCUT2D eigenvalue weighted by Crippen LogP contribution is 2.43. The lowest BCUT2D eigenvalue weighted by atomic mass is 10.0. The largest absolute Gasteiger partial charge is 0.243 e. The molecular weight excluding hydrogens is 258 g/mol. The van der Waals surface area contributed by atoms with Crippen LogP contribution in [-0.4, -0.2) is 24.8 Å². The predicted molar refractivity (Wildman–Crippen MR) is 77.5 cm³/mol. The summed E-state index contributed by atoms with van der Waals surface area (Å²) >= 11 is 0. The molecule has 1 aromatic rings. The van der Waals surface area contributed by atoms with Crippen molar-refractivity contribution in [2.24, 2.45) is 11.8 Å².